The number of esters is 9. The molecule has 5 rings (SSSR count). The van der Waals surface area contributed by atoms with Crippen molar-refractivity contribution in [3.63, 3.8) is 0 Å². The van der Waals surface area contributed by atoms with E-state index in [4.69, 9.17) is 85.3 Å². The number of ether oxygens (including phenoxy) is 18. The fraction of sp³-hybridized carbons (Fsp3) is 0.616. The van der Waals surface area contributed by atoms with Crippen molar-refractivity contribution in [3.05, 3.63) is 42.0 Å². The number of amides is 6. The third-order valence-corrected chi connectivity index (χ3v) is 16.2. The zero-order valence-electron chi connectivity index (χ0n) is 65.2. The van der Waals surface area contributed by atoms with Crippen LogP contribution in [0.3, 0.4) is 0 Å². The highest BCUT2D eigenvalue weighted by Gasteiger charge is 2.54. The van der Waals surface area contributed by atoms with Crippen LogP contribution in [0.1, 0.15) is 132 Å². The van der Waals surface area contributed by atoms with Crippen molar-refractivity contribution in [2.45, 2.75) is 214 Å². The van der Waals surface area contributed by atoms with Crippen molar-refractivity contribution in [1.29, 1.82) is 0 Å². The number of benzene rings is 2. The van der Waals surface area contributed by atoms with Gasteiger partial charge in [0.2, 0.25) is 17.7 Å². The molecule has 9 unspecified atom stereocenters. The Morgan fingerprint density at radius 2 is 0.535 bits per heavy atom. The molecule has 6 amide bonds. The Bertz CT molecular complexity index is 3550. The van der Waals surface area contributed by atoms with Gasteiger partial charge in [0.25, 0.3) is 17.7 Å². The number of hydrogen-bond acceptors (Lipinski definition) is 34. The lowest BCUT2D eigenvalue weighted by Crippen LogP contribution is -2.61. The quantitative estimate of drug-likeness (QED) is 0.0259. The highest BCUT2D eigenvalue weighted by molar-refractivity contribution is 5.91. The van der Waals surface area contributed by atoms with E-state index in [-0.39, 0.29) is 132 Å². The first kappa shape index (κ1) is 93.7. The van der Waals surface area contributed by atoms with Gasteiger partial charge in [0.15, 0.2) is 93.6 Å². The molecular weight excluding hydrogens is 1520 g/mol. The second-order valence-corrected chi connectivity index (χ2v) is 25.9. The van der Waals surface area contributed by atoms with Crippen molar-refractivity contribution < 1.29 is 167 Å². The zero-order valence-corrected chi connectivity index (χ0v) is 65.2. The van der Waals surface area contributed by atoms with E-state index < -0.39 is 207 Å². The van der Waals surface area contributed by atoms with Crippen molar-refractivity contribution >= 4 is 95.1 Å². The highest BCUT2D eigenvalue weighted by Crippen LogP contribution is 2.36. The van der Waals surface area contributed by atoms with Gasteiger partial charge >= 0.3 is 59.7 Å². The van der Waals surface area contributed by atoms with Gasteiger partial charge in [-0.25, -0.2) is 4.79 Å². The zero-order chi connectivity index (χ0) is 84.3. The molecule has 3 saturated heterocycles. The van der Waals surface area contributed by atoms with Crippen molar-refractivity contribution in [2.75, 3.05) is 78.9 Å². The summed E-state index contributed by atoms with van der Waals surface area (Å²) in [6, 6.07) is 7.96. The van der Waals surface area contributed by atoms with E-state index in [1.54, 1.807) is 0 Å². The summed E-state index contributed by atoms with van der Waals surface area (Å²) >= 11 is 0. The number of carboxylic acid groups (broad SMARTS) is 1. The number of aromatic carboxylic acids is 1. The van der Waals surface area contributed by atoms with Gasteiger partial charge in [-0.15, -0.1) is 0 Å². The summed E-state index contributed by atoms with van der Waals surface area (Å²) in [7, 11) is 0. The molecule has 3 heterocycles. The molecular formula is C73H100N6O35. The molecule has 15 atom stereocenters. The van der Waals surface area contributed by atoms with Gasteiger partial charge in [-0.1, -0.05) is 0 Å². The predicted octanol–water partition coefficient (Wildman–Crippen LogP) is -0.105. The molecule has 0 aromatic heterocycles. The molecule has 3 fully saturated rings. The smallest absolute Gasteiger partial charge is 0.335 e. The van der Waals surface area contributed by atoms with Crippen molar-refractivity contribution in [2.24, 2.45) is 0 Å². The number of carbonyl (C=O) groups excluding carboxylic acids is 15. The number of nitrogens with one attached hydrogen (secondary N) is 6. The SMILES string of the molecule is CC(=O)OC1C(OC(C)=O)[C@H](C)OC(OCCCC(=O)NCCNC(=O)COc2cc(OCC(=O)NCCNC(=O)CCCOC3O[C@@H](C)C(OC(C)=O)C(OC(C)=O)[C@@H]3OC(C)=O)cc(-c3cc(OCC(=O)NCCNC(=O)CCCOC4O[C@@H](C)C(OC(C)=O)C(OC(C)=O)[C@@H]4OC(C)=O)cc(C(=O)O)c3)c2)[C@H]1OC(C)=O. The maximum Gasteiger partial charge on any atom is 0.335 e. The molecule has 41 heteroatoms. The first-order chi connectivity index (χ1) is 54.0. The third kappa shape index (κ3) is 33.4. The Hall–Kier alpha value is -10.9. The largest absolute Gasteiger partial charge is 0.484 e. The second-order valence-electron chi connectivity index (χ2n) is 25.9. The first-order valence-electron chi connectivity index (χ1n) is 36.4. The monoisotopic (exact) mass is 1620 g/mol. The number of rotatable bonds is 44. The summed E-state index contributed by atoms with van der Waals surface area (Å²) in [5.74, 6) is -11.6. The average molecular weight is 1620 g/mol. The fourth-order valence-corrected chi connectivity index (χ4v) is 11.6. The van der Waals surface area contributed by atoms with Gasteiger partial charge < -0.3 is 122 Å². The molecule has 0 radical (unpaired) electrons. The molecule has 3 aliphatic heterocycles. The number of hydrogen-bond donors (Lipinski definition) is 7. The topological polar surface area (TPSA) is 532 Å². The Labute approximate surface area is 654 Å². The van der Waals surface area contributed by atoms with Crippen LogP contribution in [0.25, 0.3) is 11.1 Å². The number of carbonyl (C=O) groups is 16. The highest BCUT2D eigenvalue weighted by atomic mass is 16.8. The minimum Gasteiger partial charge on any atom is -0.484 e. The van der Waals surface area contributed by atoms with Crippen LogP contribution in [0.4, 0.5) is 0 Å². The van der Waals surface area contributed by atoms with Gasteiger partial charge in [-0.3, -0.25) is 71.9 Å². The van der Waals surface area contributed by atoms with Gasteiger partial charge in [0.1, 0.15) is 17.2 Å². The van der Waals surface area contributed by atoms with Crippen LogP contribution >= 0.6 is 0 Å². The Morgan fingerprint density at radius 3 is 0.789 bits per heavy atom. The van der Waals surface area contributed by atoms with E-state index in [1.807, 2.05) is 0 Å². The first-order valence-corrected chi connectivity index (χ1v) is 36.4. The van der Waals surface area contributed by atoms with Crippen LogP contribution < -0.4 is 46.1 Å². The Morgan fingerprint density at radius 1 is 0.307 bits per heavy atom. The van der Waals surface area contributed by atoms with E-state index in [0.29, 0.717) is 0 Å². The summed E-state index contributed by atoms with van der Waals surface area (Å²) in [4.78, 5) is 198. The molecule has 114 heavy (non-hydrogen) atoms. The van der Waals surface area contributed by atoms with Gasteiger partial charge in [-0.05, 0) is 81.5 Å². The molecule has 2 aromatic rings. The average Bonchev–Trinajstić information content (AvgIpc) is 0.809. The van der Waals surface area contributed by atoms with E-state index in [2.05, 4.69) is 31.9 Å². The van der Waals surface area contributed by atoms with Gasteiger partial charge in [0.05, 0.1) is 43.7 Å². The Balaban J connectivity index is 1.16. The predicted molar refractivity (Wildman–Crippen MR) is 382 cm³/mol. The summed E-state index contributed by atoms with van der Waals surface area (Å²) in [5, 5.41) is 25.9. The van der Waals surface area contributed by atoms with Crippen LogP contribution in [0, 0.1) is 0 Å². The molecule has 0 aliphatic carbocycles. The number of carboxylic acids is 1. The lowest BCUT2D eigenvalue weighted by Gasteiger charge is -2.43. The van der Waals surface area contributed by atoms with Crippen LogP contribution in [0.15, 0.2) is 36.4 Å². The normalized spacial score (nSPS) is 22.8. The third-order valence-electron chi connectivity index (χ3n) is 16.2. The van der Waals surface area contributed by atoms with Gasteiger partial charge in [-0.2, -0.15) is 0 Å². The molecule has 0 bridgehead atoms. The lowest BCUT2D eigenvalue weighted by atomic mass is 9.99. The molecule has 632 valence electrons. The summed E-state index contributed by atoms with van der Waals surface area (Å²) in [6.07, 6.45) is -17.6. The van der Waals surface area contributed by atoms with E-state index >= 15 is 0 Å². The minimum atomic E-state index is -1.40. The van der Waals surface area contributed by atoms with E-state index in [1.165, 1.54) is 51.1 Å². The molecule has 0 spiro atoms. The van der Waals surface area contributed by atoms with Crippen molar-refractivity contribution in [1.82, 2.24) is 31.9 Å². The molecule has 41 nitrogen and oxygen atoms in total. The minimum absolute atomic E-state index is 0.0298. The van der Waals surface area contributed by atoms with Crippen molar-refractivity contribution in [3.8, 4) is 28.4 Å². The molecule has 2 aromatic carbocycles. The van der Waals surface area contributed by atoms with Crippen LogP contribution in [0.5, 0.6) is 17.2 Å². The second kappa shape index (κ2) is 47.6. The molecule has 0 saturated carbocycles. The molecule has 3 aliphatic rings. The lowest BCUT2D eigenvalue weighted by molar-refractivity contribution is -0.300. The van der Waals surface area contributed by atoms with Crippen LogP contribution in [-0.2, 0) is 143 Å². The van der Waals surface area contributed by atoms with Crippen LogP contribution in [0.2, 0.25) is 0 Å². The standard InChI is InChI=1S/C73H100N6O35/c1-37-61(106-40(4)80)64(109-43(7)83)67(112-46(10)86)71(103-37)97-25-13-16-55(89)74-19-22-77-58(92)34-100-52-29-49(28-51(32-52)70(95)96)50-30-53(101-35-59(93)78-23-20-75-56(90)17-14-26-98-72-68(113-47(11)87)65(110-44(8)84)62(38(2)104-72)107-41(5)81)33-54(31-50)102-36-60(94)79-24-21-76-57(91)18-15-27-99-73-69(114-48(12)88)66(111-45(9)85)63(39(3)105-73)108-42(6)82/h28-33,37-39,61-69,71-73H,13-27,34-36H2,1-12H3,(H,74,89)(H,75,90)(H,76,91)(H,77,92)(H,78,93)(H,79,94)(H,95,96)/t37-,38-,39-,61?,62?,63?,64?,65?,66?,67-,68-,69-,71?,72?,73?/m0/s1. The fourth-order valence-electron chi connectivity index (χ4n) is 11.6. The summed E-state index contributed by atoms with van der Waals surface area (Å²) in [5.41, 5.74) is 0.0555. The Kier molecular flexibility index (Phi) is 39.1. The van der Waals surface area contributed by atoms with E-state index in [0.717, 1.165) is 68.4 Å². The maximum absolute atomic E-state index is 13.2. The van der Waals surface area contributed by atoms with E-state index in [9.17, 15) is 81.8 Å². The van der Waals surface area contributed by atoms with Crippen LogP contribution in [-0.4, -0.2) is 271 Å². The van der Waals surface area contributed by atoms with Gasteiger partial charge in [0, 0.05) is 127 Å². The molecule has 7 N–H and O–H groups in total. The summed E-state index contributed by atoms with van der Waals surface area (Å²) < 4.78 is 101. The summed E-state index contributed by atoms with van der Waals surface area (Å²) in [6.45, 7) is 12.2. The maximum atomic E-state index is 13.2.